The minimum Gasteiger partial charge on any atom is -0.377 e. The molecule has 2 N–H and O–H groups in total. The van der Waals surface area contributed by atoms with Gasteiger partial charge >= 0.3 is 0 Å². The van der Waals surface area contributed by atoms with Crippen LogP contribution in [0.2, 0.25) is 0 Å². The molecule has 0 saturated carbocycles. The van der Waals surface area contributed by atoms with Crippen LogP contribution in [0.15, 0.2) is 0 Å². The molecule has 0 aromatic heterocycles. The summed E-state index contributed by atoms with van der Waals surface area (Å²) in [6, 6.07) is 0. The first-order valence-corrected chi connectivity index (χ1v) is 5.94. The van der Waals surface area contributed by atoms with Crippen LogP contribution in [0, 0.1) is 0 Å². The van der Waals surface area contributed by atoms with Crippen molar-refractivity contribution >= 4 is 10.2 Å². The predicted octanol–water partition coefficient (Wildman–Crippen LogP) is -0.309. The van der Waals surface area contributed by atoms with Gasteiger partial charge in [-0.1, -0.05) is 6.92 Å². The van der Waals surface area contributed by atoms with Gasteiger partial charge in [0.05, 0.1) is 6.10 Å². The first kappa shape index (κ1) is 10.9. The van der Waals surface area contributed by atoms with E-state index in [1.807, 2.05) is 6.92 Å². The molecule has 0 amide bonds. The van der Waals surface area contributed by atoms with Crippen LogP contribution in [-0.2, 0) is 14.9 Å². The molecule has 1 rings (SSSR count). The van der Waals surface area contributed by atoms with Crippen LogP contribution in [0.25, 0.3) is 0 Å². The van der Waals surface area contributed by atoms with Crippen molar-refractivity contribution in [1.29, 1.82) is 0 Å². The number of nitrogens with two attached hydrogens (primary N) is 1. The highest BCUT2D eigenvalue weighted by molar-refractivity contribution is 7.86. The Balaban J connectivity index is 2.65. The van der Waals surface area contributed by atoms with Gasteiger partial charge < -0.3 is 4.74 Å². The van der Waals surface area contributed by atoms with E-state index >= 15 is 0 Å². The van der Waals surface area contributed by atoms with Gasteiger partial charge in [-0.15, -0.1) is 0 Å². The van der Waals surface area contributed by atoms with Crippen LogP contribution in [0.5, 0.6) is 0 Å². The molecular formula is C7H16N2O3S. The molecule has 1 aliphatic heterocycles. The van der Waals surface area contributed by atoms with E-state index < -0.39 is 10.2 Å². The van der Waals surface area contributed by atoms with Crippen LogP contribution in [0.3, 0.4) is 0 Å². The fraction of sp³-hybridized carbons (Fsp3) is 1.00. The summed E-state index contributed by atoms with van der Waals surface area (Å²) in [6.07, 6.45) is 1.51. The molecule has 78 valence electrons. The number of hydrogen-bond donors (Lipinski definition) is 1. The second-order valence-corrected chi connectivity index (χ2v) is 4.70. The molecule has 1 fully saturated rings. The van der Waals surface area contributed by atoms with Crippen molar-refractivity contribution in [3.63, 3.8) is 0 Å². The minimum atomic E-state index is -3.54. The van der Waals surface area contributed by atoms with Gasteiger partial charge in [0, 0.05) is 19.7 Å². The SMILES string of the molecule is CCC1CN(S(N)(=O)=O)CCCO1. The highest BCUT2D eigenvalue weighted by Crippen LogP contribution is 2.10. The van der Waals surface area contributed by atoms with Crippen LogP contribution in [0.1, 0.15) is 19.8 Å². The zero-order valence-corrected chi connectivity index (χ0v) is 8.59. The highest BCUT2D eigenvalue weighted by atomic mass is 32.2. The van der Waals surface area contributed by atoms with E-state index in [0.717, 1.165) is 6.42 Å². The third-order valence-corrected chi connectivity index (χ3v) is 3.18. The van der Waals surface area contributed by atoms with Crippen LogP contribution in [0.4, 0.5) is 0 Å². The maximum atomic E-state index is 11.0. The van der Waals surface area contributed by atoms with E-state index in [1.165, 1.54) is 4.31 Å². The first-order valence-electron chi connectivity index (χ1n) is 4.43. The second kappa shape index (κ2) is 4.36. The molecular weight excluding hydrogens is 192 g/mol. The van der Waals surface area contributed by atoms with Crippen molar-refractivity contribution in [3.8, 4) is 0 Å². The molecule has 1 atom stereocenters. The molecule has 0 aliphatic carbocycles. The topological polar surface area (TPSA) is 72.6 Å². The minimum absolute atomic E-state index is 0.0131. The highest BCUT2D eigenvalue weighted by Gasteiger charge is 2.23. The largest absolute Gasteiger partial charge is 0.377 e. The van der Waals surface area contributed by atoms with Crippen molar-refractivity contribution in [2.75, 3.05) is 19.7 Å². The third-order valence-electron chi connectivity index (χ3n) is 2.13. The quantitative estimate of drug-likeness (QED) is 0.676. The average Bonchev–Trinajstić information content (AvgIpc) is 2.27. The molecule has 0 aromatic carbocycles. The van der Waals surface area contributed by atoms with Crippen LogP contribution in [-0.4, -0.2) is 38.5 Å². The van der Waals surface area contributed by atoms with Crippen molar-refractivity contribution in [2.45, 2.75) is 25.9 Å². The predicted molar refractivity (Wildman–Crippen MR) is 49.3 cm³/mol. The average molecular weight is 208 g/mol. The summed E-state index contributed by atoms with van der Waals surface area (Å²) >= 11 is 0. The summed E-state index contributed by atoms with van der Waals surface area (Å²) in [6.45, 7) is 3.44. The van der Waals surface area contributed by atoms with Gasteiger partial charge in [0.25, 0.3) is 10.2 Å². The summed E-state index contributed by atoms with van der Waals surface area (Å²) in [5, 5.41) is 5.04. The van der Waals surface area contributed by atoms with Gasteiger partial charge in [-0.3, -0.25) is 0 Å². The third kappa shape index (κ3) is 3.22. The Morgan fingerprint density at radius 1 is 1.62 bits per heavy atom. The molecule has 1 unspecified atom stereocenters. The van der Waals surface area contributed by atoms with Gasteiger partial charge in [0.2, 0.25) is 0 Å². The Bertz CT molecular complexity index is 252. The Morgan fingerprint density at radius 3 is 2.85 bits per heavy atom. The van der Waals surface area contributed by atoms with E-state index in [9.17, 15) is 8.42 Å². The monoisotopic (exact) mass is 208 g/mol. The lowest BCUT2D eigenvalue weighted by atomic mass is 10.3. The maximum absolute atomic E-state index is 11.0. The summed E-state index contributed by atoms with van der Waals surface area (Å²) in [7, 11) is -3.54. The normalized spacial score (nSPS) is 27.1. The smallest absolute Gasteiger partial charge is 0.276 e. The Labute approximate surface area is 79.0 Å². The number of nitrogens with zero attached hydrogens (tertiary/aromatic N) is 1. The molecule has 0 spiro atoms. The second-order valence-electron chi connectivity index (χ2n) is 3.16. The maximum Gasteiger partial charge on any atom is 0.276 e. The Morgan fingerprint density at radius 2 is 2.31 bits per heavy atom. The van der Waals surface area contributed by atoms with Gasteiger partial charge in [-0.05, 0) is 12.8 Å². The fourth-order valence-electron chi connectivity index (χ4n) is 1.34. The number of hydrogen-bond acceptors (Lipinski definition) is 3. The standard InChI is InChI=1S/C7H16N2O3S/c1-2-7-6-9(13(8,10)11)4-3-5-12-7/h7H,2-6H2,1H3,(H2,8,10,11). The molecule has 1 heterocycles. The summed E-state index contributed by atoms with van der Waals surface area (Å²) in [5.74, 6) is 0. The lowest BCUT2D eigenvalue weighted by Crippen LogP contribution is -2.40. The van der Waals surface area contributed by atoms with Crippen molar-refractivity contribution in [3.05, 3.63) is 0 Å². The van der Waals surface area contributed by atoms with Crippen LogP contribution >= 0.6 is 0 Å². The zero-order chi connectivity index (χ0) is 9.90. The Hall–Kier alpha value is -0.170. The Kier molecular flexibility index (Phi) is 3.66. The molecule has 1 saturated heterocycles. The van der Waals surface area contributed by atoms with E-state index in [4.69, 9.17) is 9.88 Å². The van der Waals surface area contributed by atoms with Gasteiger partial charge in [-0.2, -0.15) is 12.7 Å². The molecule has 5 nitrogen and oxygen atoms in total. The lowest BCUT2D eigenvalue weighted by Gasteiger charge is -2.19. The van der Waals surface area contributed by atoms with Crippen molar-refractivity contribution in [1.82, 2.24) is 4.31 Å². The molecule has 0 bridgehead atoms. The van der Waals surface area contributed by atoms with Crippen LogP contribution < -0.4 is 5.14 Å². The summed E-state index contributed by atoms with van der Waals surface area (Å²) in [5.41, 5.74) is 0. The fourth-order valence-corrected chi connectivity index (χ4v) is 2.10. The number of ether oxygens (including phenoxy) is 1. The van der Waals surface area contributed by atoms with E-state index in [-0.39, 0.29) is 6.10 Å². The van der Waals surface area contributed by atoms with E-state index in [1.54, 1.807) is 0 Å². The first-order chi connectivity index (χ1) is 6.04. The van der Waals surface area contributed by atoms with Crippen molar-refractivity contribution < 1.29 is 13.2 Å². The molecule has 6 heteroatoms. The molecule has 1 aliphatic rings. The van der Waals surface area contributed by atoms with Gasteiger partial charge in [-0.25, -0.2) is 5.14 Å². The van der Waals surface area contributed by atoms with Crippen molar-refractivity contribution in [2.24, 2.45) is 5.14 Å². The van der Waals surface area contributed by atoms with Gasteiger partial charge in [0.15, 0.2) is 0 Å². The summed E-state index contributed by atoms with van der Waals surface area (Å²) in [4.78, 5) is 0. The molecule has 13 heavy (non-hydrogen) atoms. The lowest BCUT2D eigenvalue weighted by molar-refractivity contribution is 0.0593. The van der Waals surface area contributed by atoms with E-state index in [2.05, 4.69) is 0 Å². The van der Waals surface area contributed by atoms with E-state index in [0.29, 0.717) is 26.1 Å². The zero-order valence-electron chi connectivity index (χ0n) is 7.77. The van der Waals surface area contributed by atoms with Gasteiger partial charge in [0.1, 0.15) is 0 Å². The summed E-state index contributed by atoms with van der Waals surface area (Å²) < 4.78 is 28.8. The molecule has 0 aromatic rings. The molecule has 0 radical (unpaired) electrons. The number of rotatable bonds is 2.